The van der Waals surface area contributed by atoms with Gasteiger partial charge in [-0.05, 0) is 25.2 Å². The Morgan fingerprint density at radius 3 is 1.93 bits per heavy atom. The molecule has 1 aromatic carbocycles. The van der Waals surface area contributed by atoms with Crippen molar-refractivity contribution in [2.45, 2.75) is 13.8 Å². The number of hydrogen-bond donors (Lipinski definition) is 2. The number of H-pyrrole nitrogens is 1. The lowest BCUT2D eigenvalue weighted by Gasteiger charge is -1.86. The molecule has 0 unspecified atom stereocenters. The number of nitrogens with zero attached hydrogens (tertiary/aromatic N) is 2. The molecule has 1 heterocycles. The van der Waals surface area contributed by atoms with Gasteiger partial charge >= 0.3 is 0 Å². The number of benzene rings is 1. The minimum atomic E-state index is 0.914. The topological polar surface area (TPSA) is 53.6 Å². The normalized spacial score (nSPS) is 9.57. The van der Waals surface area contributed by atoms with Gasteiger partial charge in [-0.25, -0.2) is 0 Å². The average Bonchev–Trinajstić information content (AvgIpc) is 2.67. The second kappa shape index (κ2) is 6.10. The highest BCUT2D eigenvalue weighted by molar-refractivity contribution is 5.72. The Morgan fingerprint density at radius 2 is 1.57 bits per heavy atom. The minimum absolute atomic E-state index is 0.914. The minimum Gasteiger partial charge on any atom is -0.317 e. The third-order valence-electron chi connectivity index (χ3n) is 1.72. The van der Waals surface area contributed by atoms with E-state index in [-0.39, 0.29) is 0 Å². The van der Waals surface area contributed by atoms with Gasteiger partial charge in [-0.1, -0.05) is 26.0 Å². The number of fused-ring (bicyclic) bond motifs is 1. The first kappa shape index (κ1) is 10.7. The Bertz CT molecular complexity index is 323. The molecule has 14 heavy (non-hydrogen) atoms. The molecule has 0 saturated heterocycles. The first-order chi connectivity index (χ1) is 6.88. The van der Waals surface area contributed by atoms with Crippen LogP contribution < -0.4 is 5.32 Å². The Morgan fingerprint density at radius 1 is 1.07 bits per heavy atom. The lowest BCUT2D eigenvalue weighted by atomic mass is 10.3. The van der Waals surface area contributed by atoms with Gasteiger partial charge in [-0.2, -0.15) is 15.4 Å². The van der Waals surface area contributed by atoms with E-state index in [9.17, 15) is 0 Å². The SMILES string of the molecule is CCNCC.c1ccc2n[nH]nc2c1. The van der Waals surface area contributed by atoms with Crippen molar-refractivity contribution in [1.29, 1.82) is 0 Å². The number of para-hydroxylation sites is 2. The van der Waals surface area contributed by atoms with E-state index in [1.165, 1.54) is 0 Å². The van der Waals surface area contributed by atoms with Crippen LogP contribution >= 0.6 is 0 Å². The Hall–Kier alpha value is -1.42. The smallest absolute Gasteiger partial charge is 0.112 e. The van der Waals surface area contributed by atoms with E-state index in [1.54, 1.807) is 0 Å². The van der Waals surface area contributed by atoms with Gasteiger partial charge in [0.2, 0.25) is 0 Å². The molecule has 0 saturated carbocycles. The second-order valence-corrected chi connectivity index (χ2v) is 2.77. The number of hydrogen-bond acceptors (Lipinski definition) is 3. The highest BCUT2D eigenvalue weighted by atomic mass is 15.3. The molecule has 4 heteroatoms. The maximum absolute atomic E-state index is 3.88. The first-order valence-corrected chi connectivity index (χ1v) is 4.84. The molecule has 76 valence electrons. The van der Waals surface area contributed by atoms with Gasteiger partial charge in [-0.3, -0.25) is 0 Å². The monoisotopic (exact) mass is 192 g/mol. The van der Waals surface area contributed by atoms with Gasteiger partial charge < -0.3 is 5.32 Å². The van der Waals surface area contributed by atoms with E-state index in [0.29, 0.717) is 0 Å². The molecule has 1 aromatic heterocycles. The van der Waals surface area contributed by atoms with Crippen LogP contribution in [0.25, 0.3) is 11.0 Å². The van der Waals surface area contributed by atoms with Gasteiger partial charge in [0.15, 0.2) is 0 Å². The number of rotatable bonds is 2. The molecule has 0 bridgehead atoms. The maximum atomic E-state index is 3.88. The Balaban J connectivity index is 0.000000171. The van der Waals surface area contributed by atoms with Crippen LogP contribution in [-0.2, 0) is 0 Å². The fourth-order valence-electron chi connectivity index (χ4n) is 1.04. The first-order valence-electron chi connectivity index (χ1n) is 4.84. The molecule has 2 aromatic rings. The molecule has 4 nitrogen and oxygen atoms in total. The van der Waals surface area contributed by atoms with E-state index >= 15 is 0 Å². The quantitative estimate of drug-likeness (QED) is 0.759. The summed E-state index contributed by atoms with van der Waals surface area (Å²) in [5.41, 5.74) is 1.83. The summed E-state index contributed by atoms with van der Waals surface area (Å²) in [6.45, 7) is 6.39. The summed E-state index contributed by atoms with van der Waals surface area (Å²) in [7, 11) is 0. The fourth-order valence-corrected chi connectivity index (χ4v) is 1.04. The molecule has 0 atom stereocenters. The zero-order valence-corrected chi connectivity index (χ0v) is 8.62. The van der Waals surface area contributed by atoms with Gasteiger partial charge in [-0.15, -0.1) is 0 Å². The van der Waals surface area contributed by atoms with E-state index in [0.717, 1.165) is 24.1 Å². The van der Waals surface area contributed by atoms with E-state index in [2.05, 4.69) is 34.6 Å². The van der Waals surface area contributed by atoms with Crippen LogP contribution in [-0.4, -0.2) is 28.5 Å². The molecular weight excluding hydrogens is 176 g/mol. The summed E-state index contributed by atoms with van der Waals surface area (Å²) in [5.74, 6) is 0. The van der Waals surface area contributed by atoms with Crippen molar-refractivity contribution in [3.8, 4) is 0 Å². The van der Waals surface area contributed by atoms with Gasteiger partial charge in [0.05, 0.1) is 0 Å². The van der Waals surface area contributed by atoms with Gasteiger partial charge in [0.1, 0.15) is 11.0 Å². The summed E-state index contributed by atoms with van der Waals surface area (Å²) in [6.07, 6.45) is 0. The van der Waals surface area contributed by atoms with Crippen molar-refractivity contribution in [2.75, 3.05) is 13.1 Å². The van der Waals surface area contributed by atoms with Crippen molar-refractivity contribution in [3.63, 3.8) is 0 Å². The van der Waals surface area contributed by atoms with E-state index < -0.39 is 0 Å². The van der Waals surface area contributed by atoms with Crippen molar-refractivity contribution < 1.29 is 0 Å². The molecule has 2 rings (SSSR count). The zero-order valence-electron chi connectivity index (χ0n) is 8.62. The molecule has 0 amide bonds. The average molecular weight is 192 g/mol. The predicted molar refractivity (Wildman–Crippen MR) is 58.1 cm³/mol. The molecule has 0 aliphatic rings. The lowest BCUT2D eigenvalue weighted by Crippen LogP contribution is -2.09. The van der Waals surface area contributed by atoms with Crippen molar-refractivity contribution >= 4 is 11.0 Å². The highest BCUT2D eigenvalue weighted by Crippen LogP contribution is 2.03. The van der Waals surface area contributed by atoms with Crippen LogP contribution in [0, 0.1) is 0 Å². The van der Waals surface area contributed by atoms with E-state index in [1.807, 2.05) is 24.3 Å². The van der Waals surface area contributed by atoms with Crippen LogP contribution in [0.4, 0.5) is 0 Å². The zero-order chi connectivity index (χ0) is 10.2. The van der Waals surface area contributed by atoms with Crippen molar-refractivity contribution in [3.05, 3.63) is 24.3 Å². The lowest BCUT2D eigenvalue weighted by molar-refractivity contribution is 0.762. The van der Waals surface area contributed by atoms with Gasteiger partial charge in [0.25, 0.3) is 0 Å². The number of aromatic amines is 1. The Labute approximate surface area is 83.7 Å². The molecule has 0 aliphatic heterocycles. The third kappa shape index (κ3) is 3.14. The number of aromatic nitrogens is 3. The molecule has 0 radical (unpaired) electrons. The van der Waals surface area contributed by atoms with E-state index in [4.69, 9.17) is 0 Å². The van der Waals surface area contributed by atoms with Crippen LogP contribution in [0.15, 0.2) is 24.3 Å². The highest BCUT2D eigenvalue weighted by Gasteiger charge is 1.90. The van der Waals surface area contributed by atoms with Crippen LogP contribution in [0.1, 0.15) is 13.8 Å². The maximum Gasteiger partial charge on any atom is 0.112 e. The summed E-state index contributed by atoms with van der Waals surface area (Å²) < 4.78 is 0. The molecule has 0 aliphatic carbocycles. The fraction of sp³-hybridized carbons (Fsp3) is 0.400. The van der Waals surface area contributed by atoms with Crippen LogP contribution in [0.2, 0.25) is 0 Å². The third-order valence-corrected chi connectivity index (χ3v) is 1.72. The number of nitrogens with one attached hydrogen (secondary N) is 2. The molecular formula is C10H16N4. The molecule has 0 fully saturated rings. The van der Waals surface area contributed by atoms with Crippen LogP contribution in [0.3, 0.4) is 0 Å². The summed E-state index contributed by atoms with van der Waals surface area (Å²) in [5, 5.41) is 13.4. The molecule has 2 N–H and O–H groups in total. The standard InChI is InChI=1S/C6H5N3.C4H11N/c1-2-4-6-5(3-1)7-9-8-6;1-3-5-4-2/h1-4H,(H,7,8,9);5H,3-4H2,1-2H3. The summed E-state index contributed by atoms with van der Waals surface area (Å²) >= 11 is 0. The summed E-state index contributed by atoms with van der Waals surface area (Å²) in [4.78, 5) is 0. The Kier molecular flexibility index (Phi) is 4.64. The van der Waals surface area contributed by atoms with Gasteiger partial charge in [0, 0.05) is 0 Å². The predicted octanol–water partition coefficient (Wildman–Crippen LogP) is 1.57. The second-order valence-electron chi connectivity index (χ2n) is 2.77. The molecule has 0 spiro atoms. The van der Waals surface area contributed by atoms with Crippen molar-refractivity contribution in [1.82, 2.24) is 20.7 Å². The summed E-state index contributed by atoms with van der Waals surface area (Å²) in [6, 6.07) is 7.70. The van der Waals surface area contributed by atoms with Crippen LogP contribution in [0.5, 0.6) is 0 Å². The largest absolute Gasteiger partial charge is 0.317 e. The van der Waals surface area contributed by atoms with Crippen molar-refractivity contribution in [2.24, 2.45) is 0 Å².